The molecule has 41 heavy (non-hydrogen) atoms. The molecule has 0 aliphatic heterocycles. The highest BCUT2D eigenvalue weighted by atomic mass is 31.2. The molecule has 2 heterocycles. The fourth-order valence-corrected chi connectivity index (χ4v) is 8.78. The molecule has 0 spiro atoms. The van der Waals surface area contributed by atoms with Crippen LogP contribution in [0.25, 0.3) is 49.5 Å². The quantitative estimate of drug-likeness (QED) is 0.182. The minimum atomic E-state index is -2.76. The lowest BCUT2D eigenvalue weighted by molar-refractivity contribution is 0.633. The van der Waals surface area contributed by atoms with Crippen LogP contribution < -0.4 is 15.9 Å². The molecule has 0 fully saturated rings. The molecule has 3 nitrogen and oxygen atoms in total. The van der Waals surface area contributed by atoms with Gasteiger partial charge in [0.05, 0.1) is 16.6 Å². The van der Waals surface area contributed by atoms with Gasteiger partial charge in [0.25, 0.3) is 0 Å². The van der Waals surface area contributed by atoms with Gasteiger partial charge >= 0.3 is 0 Å². The van der Waals surface area contributed by atoms with E-state index in [9.17, 15) is 4.89 Å². The highest BCUT2D eigenvalue weighted by Crippen LogP contribution is 2.51. The number of para-hydroxylation sites is 2. The Kier molecular flexibility index (Phi) is 5.50. The second kappa shape index (κ2) is 9.38. The predicted octanol–water partition coefficient (Wildman–Crippen LogP) is 7.66. The van der Waals surface area contributed by atoms with E-state index in [1.54, 1.807) is 0 Å². The van der Waals surface area contributed by atoms with Crippen molar-refractivity contribution in [2.24, 2.45) is 0 Å². The number of benzene rings is 6. The Hall–Kier alpha value is -4.82. The zero-order chi connectivity index (χ0) is 27.4. The number of pyridine rings is 1. The average Bonchev–Trinajstić information content (AvgIpc) is 3.45. The zero-order valence-corrected chi connectivity index (χ0v) is 23.1. The van der Waals surface area contributed by atoms with Gasteiger partial charge in [-0.25, -0.2) is 9.88 Å². The van der Waals surface area contributed by atoms with Crippen molar-refractivity contribution in [2.45, 2.75) is 0 Å². The zero-order valence-electron chi connectivity index (χ0n) is 22.2. The molecule has 0 radical (unpaired) electrons. The first kappa shape index (κ1) is 24.0. The van der Waals surface area contributed by atoms with Gasteiger partial charge in [-0.1, -0.05) is 91.0 Å². The standard InChI is InChI=1S/C37H26N2OP/c40-41(28-11-3-1-4-12-28,29-13-5-2-6-14-29)30-22-19-26(20-23-30)27-21-24-35-33(25-27)31-15-7-8-16-32(31)37-38-34-17-9-10-18-36(34)39(35)37/h1-25,40H/q+1. The highest BCUT2D eigenvalue weighted by molar-refractivity contribution is 7.91. The molecule has 2 aromatic heterocycles. The fraction of sp³-hybridized carbons (Fsp3) is 0. The van der Waals surface area contributed by atoms with Gasteiger partial charge < -0.3 is 0 Å². The maximum Gasteiger partial charge on any atom is 0.238 e. The number of aromatic nitrogens is 2. The maximum atomic E-state index is 12.3. The molecule has 0 bridgehead atoms. The summed E-state index contributed by atoms with van der Waals surface area (Å²) in [5, 5.41) is 6.37. The molecule has 8 rings (SSSR count). The van der Waals surface area contributed by atoms with E-state index in [0.29, 0.717) is 0 Å². The minimum Gasteiger partial charge on any atom is -0.292 e. The lowest BCUT2D eigenvalue weighted by Crippen LogP contribution is -2.30. The van der Waals surface area contributed by atoms with Crippen LogP contribution in [0.4, 0.5) is 0 Å². The smallest absolute Gasteiger partial charge is 0.238 e. The Labute approximate surface area is 238 Å². The van der Waals surface area contributed by atoms with Crippen LogP contribution in [0, 0.1) is 0 Å². The van der Waals surface area contributed by atoms with Crippen LogP contribution in [-0.2, 0) is 0 Å². The van der Waals surface area contributed by atoms with Crippen LogP contribution in [0.15, 0.2) is 152 Å². The minimum absolute atomic E-state index is 0.941. The summed E-state index contributed by atoms with van der Waals surface area (Å²) in [5.74, 6) is 0. The van der Waals surface area contributed by atoms with E-state index in [-0.39, 0.29) is 0 Å². The second-order valence-electron chi connectivity index (χ2n) is 10.4. The van der Waals surface area contributed by atoms with Crippen molar-refractivity contribution in [3.63, 3.8) is 0 Å². The first-order valence-electron chi connectivity index (χ1n) is 13.8. The summed E-state index contributed by atoms with van der Waals surface area (Å²) in [5.41, 5.74) is 6.48. The van der Waals surface area contributed by atoms with Crippen molar-refractivity contribution in [1.82, 2.24) is 9.38 Å². The van der Waals surface area contributed by atoms with Gasteiger partial charge in [-0.05, 0) is 77.2 Å². The van der Waals surface area contributed by atoms with Crippen molar-refractivity contribution in [2.75, 3.05) is 0 Å². The summed E-state index contributed by atoms with van der Waals surface area (Å²) in [7, 11) is -2.76. The van der Waals surface area contributed by atoms with Crippen LogP contribution in [0.5, 0.6) is 0 Å². The number of hydrogen-bond acceptors (Lipinski definition) is 2. The molecule has 1 N–H and O–H groups in total. The molecular weight excluding hydrogens is 519 g/mol. The van der Waals surface area contributed by atoms with E-state index in [1.165, 1.54) is 10.8 Å². The van der Waals surface area contributed by atoms with Crippen LogP contribution >= 0.6 is 7.49 Å². The van der Waals surface area contributed by atoms with Gasteiger partial charge in [0.15, 0.2) is 0 Å². The molecule has 194 valence electrons. The topological polar surface area (TPSA) is 37.5 Å². The first-order chi connectivity index (χ1) is 20.2. The van der Waals surface area contributed by atoms with Gasteiger partial charge in [-0.2, -0.15) is 0 Å². The molecule has 0 saturated carbocycles. The number of rotatable bonds is 4. The normalized spacial score (nSPS) is 12.0. The third kappa shape index (κ3) is 3.71. The Morgan fingerprint density at radius 2 is 1.02 bits per heavy atom. The summed E-state index contributed by atoms with van der Waals surface area (Å²) < 4.78 is 2.28. The Morgan fingerprint density at radius 1 is 0.463 bits per heavy atom. The first-order valence-corrected chi connectivity index (χ1v) is 15.5. The van der Waals surface area contributed by atoms with Gasteiger partial charge in [0.1, 0.15) is 21.6 Å². The van der Waals surface area contributed by atoms with Crippen LogP contribution in [0.2, 0.25) is 0 Å². The number of fused-ring (bicyclic) bond motifs is 8. The fourth-order valence-electron chi connectivity index (χ4n) is 6.09. The molecule has 0 atom stereocenters. The number of imidazole rings is 1. The van der Waals surface area contributed by atoms with Gasteiger partial charge in [0, 0.05) is 10.8 Å². The molecular formula is C37H26N2OP+. The highest BCUT2D eigenvalue weighted by Gasteiger charge is 2.44. The van der Waals surface area contributed by atoms with E-state index in [4.69, 9.17) is 4.98 Å². The van der Waals surface area contributed by atoms with E-state index < -0.39 is 7.49 Å². The van der Waals surface area contributed by atoms with Crippen LogP contribution in [0.3, 0.4) is 0 Å². The van der Waals surface area contributed by atoms with Crippen LogP contribution in [-0.4, -0.2) is 14.3 Å². The molecule has 6 aromatic carbocycles. The summed E-state index contributed by atoms with van der Waals surface area (Å²) in [6.07, 6.45) is 0. The third-order valence-electron chi connectivity index (χ3n) is 8.09. The number of hydrogen-bond donors (Lipinski definition) is 1. The molecule has 0 aliphatic carbocycles. The van der Waals surface area contributed by atoms with Crippen molar-refractivity contribution >= 4 is 61.8 Å². The third-order valence-corrected chi connectivity index (χ3v) is 11.2. The monoisotopic (exact) mass is 545 g/mol. The van der Waals surface area contributed by atoms with Crippen molar-refractivity contribution < 1.29 is 4.89 Å². The Bertz CT molecular complexity index is 2170. The maximum absolute atomic E-state index is 12.3. The van der Waals surface area contributed by atoms with E-state index in [1.807, 2.05) is 66.7 Å². The largest absolute Gasteiger partial charge is 0.292 e. The van der Waals surface area contributed by atoms with E-state index >= 15 is 0 Å². The Balaban J connectivity index is 1.30. The molecule has 0 saturated heterocycles. The summed E-state index contributed by atoms with van der Waals surface area (Å²) in [4.78, 5) is 17.3. The van der Waals surface area contributed by atoms with Gasteiger partial charge in [0.2, 0.25) is 7.49 Å². The number of nitrogens with zero attached hydrogens (tertiary/aromatic N) is 2. The summed E-state index contributed by atoms with van der Waals surface area (Å²) >= 11 is 0. The predicted molar refractivity (Wildman–Crippen MR) is 174 cm³/mol. The van der Waals surface area contributed by atoms with Crippen molar-refractivity contribution in [3.8, 4) is 11.1 Å². The van der Waals surface area contributed by atoms with Gasteiger partial charge in [-0.15, -0.1) is 0 Å². The molecule has 0 aliphatic rings. The van der Waals surface area contributed by atoms with E-state index in [2.05, 4.69) is 89.3 Å². The molecule has 0 unspecified atom stereocenters. The van der Waals surface area contributed by atoms with Gasteiger partial charge in [-0.3, -0.25) is 4.40 Å². The van der Waals surface area contributed by atoms with Crippen LogP contribution in [0.1, 0.15) is 0 Å². The lowest BCUT2D eigenvalue weighted by Gasteiger charge is -2.20. The van der Waals surface area contributed by atoms with Crippen molar-refractivity contribution in [3.05, 3.63) is 152 Å². The summed E-state index contributed by atoms with van der Waals surface area (Å²) in [6, 6.07) is 52.1. The van der Waals surface area contributed by atoms with Crippen molar-refractivity contribution in [1.29, 1.82) is 0 Å². The average molecular weight is 546 g/mol. The van der Waals surface area contributed by atoms with E-state index in [0.717, 1.165) is 54.6 Å². The molecule has 0 amide bonds. The summed E-state index contributed by atoms with van der Waals surface area (Å²) in [6.45, 7) is 0. The molecule has 8 aromatic rings. The second-order valence-corrected chi connectivity index (χ2v) is 13.2. The lowest BCUT2D eigenvalue weighted by atomic mass is 10.00. The Morgan fingerprint density at radius 3 is 1.73 bits per heavy atom. The molecule has 4 heteroatoms. The SMILES string of the molecule is O[P+](c1ccccc1)(c1ccccc1)c1ccc(-c2ccc3c(c2)c2ccccc2c2nc4ccccc4n32)cc1.